The van der Waals surface area contributed by atoms with E-state index in [1.807, 2.05) is 35.2 Å². The van der Waals surface area contributed by atoms with Gasteiger partial charge in [-0.05, 0) is 55.5 Å². The molecule has 0 bridgehead atoms. The number of hydrogen-bond donors (Lipinski definition) is 1. The molecule has 1 aromatic heterocycles. The third kappa shape index (κ3) is 4.01. The minimum atomic E-state index is -0.554. The lowest BCUT2D eigenvalue weighted by Gasteiger charge is -2.42. The number of amides is 2. The number of piperidine rings is 1. The first-order chi connectivity index (χ1) is 13.7. The molecule has 1 N–H and O–H groups in total. The van der Waals surface area contributed by atoms with Crippen LogP contribution in [0, 0.1) is 0 Å². The molecule has 1 spiro atoms. The number of hydrogen-bond acceptors (Lipinski definition) is 4. The van der Waals surface area contributed by atoms with Crippen molar-refractivity contribution in [3.8, 4) is 5.75 Å². The highest BCUT2D eigenvalue weighted by atomic mass is 16.5. The standard InChI is InChI=1S/C22H25N3O3/c26-20(8-3-5-17-9-12-23-13-10-17)25-14-4-11-22(16-25)15-24-21(27)18-6-1-2-7-19(18)28-22/h1-2,6-7,9-10,12-13H,3-5,8,11,14-16H2,(H,24,27). The normalized spacial score (nSPS) is 21.4. The van der Waals surface area contributed by atoms with Crippen LogP contribution in [0.5, 0.6) is 5.75 Å². The fourth-order valence-electron chi connectivity index (χ4n) is 4.04. The van der Waals surface area contributed by atoms with E-state index in [1.165, 1.54) is 5.56 Å². The summed E-state index contributed by atoms with van der Waals surface area (Å²) in [4.78, 5) is 31.0. The average molecular weight is 379 g/mol. The molecule has 0 radical (unpaired) electrons. The summed E-state index contributed by atoms with van der Waals surface area (Å²) in [6.07, 6.45) is 7.44. The van der Waals surface area contributed by atoms with E-state index in [0.717, 1.165) is 32.2 Å². The van der Waals surface area contributed by atoms with Gasteiger partial charge in [-0.2, -0.15) is 0 Å². The number of nitrogens with one attached hydrogen (secondary N) is 1. The Labute approximate surface area is 164 Å². The Morgan fingerprint density at radius 1 is 1.21 bits per heavy atom. The fraction of sp³-hybridized carbons (Fsp3) is 0.409. The first kappa shape index (κ1) is 18.5. The number of ether oxygens (including phenoxy) is 1. The predicted octanol–water partition coefficient (Wildman–Crippen LogP) is 2.59. The van der Waals surface area contributed by atoms with E-state index in [0.29, 0.717) is 30.8 Å². The van der Waals surface area contributed by atoms with E-state index >= 15 is 0 Å². The van der Waals surface area contributed by atoms with Crippen LogP contribution in [0.25, 0.3) is 0 Å². The van der Waals surface area contributed by atoms with Crippen molar-refractivity contribution in [2.75, 3.05) is 19.6 Å². The molecule has 2 amide bonds. The molecule has 0 aliphatic carbocycles. The number of nitrogens with zero attached hydrogens (tertiary/aromatic N) is 2. The molecule has 1 aromatic carbocycles. The molecule has 2 aliphatic heterocycles. The largest absolute Gasteiger partial charge is 0.483 e. The number of benzene rings is 1. The number of carbonyl (C=O) groups is 2. The first-order valence-corrected chi connectivity index (χ1v) is 9.88. The maximum Gasteiger partial charge on any atom is 0.255 e. The van der Waals surface area contributed by atoms with Crippen molar-refractivity contribution >= 4 is 11.8 Å². The fourth-order valence-corrected chi connectivity index (χ4v) is 4.04. The zero-order chi connectivity index (χ0) is 19.4. The SMILES string of the molecule is O=C1NCC2(CCCN(C(=O)CCCc3ccncc3)C2)Oc2ccccc21. The van der Waals surface area contributed by atoms with E-state index in [9.17, 15) is 9.59 Å². The lowest BCUT2D eigenvalue weighted by atomic mass is 9.92. The van der Waals surface area contributed by atoms with Crippen LogP contribution < -0.4 is 10.1 Å². The molecule has 2 aromatic rings. The van der Waals surface area contributed by atoms with Crippen LogP contribution in [0.1, 0.15) is 41.6 Å². The van der Waals surface area contributed by atoms with Gasteiger partial charge in [-0.15, -0.1) is 0 Å². The van der Waals surface area contributed by atoms with Gasteiger partial charge >= 0.3 is 0 Å². The second kappa shape index (κ2) is 8.00. The van der Waals surface area contributed by atoms with Crippen molar-refractivity contribution in [1.82, 2.24) is 15.2 Å². The quantitative estimate of drug-likeness (QED) is 0.886. The number of carbonyl (C=O) groups excluding carboxylic acids is 2. The van der Waals surface area contributed by atoms with Gasteiger partial charge in [0.15, 0.2) is 0 Å². The summed E-state index contributed by atoms with van der Waals surface area (Å²) in [6, 6.07) is 11.3. The molecular formula is C22H25N3O3. The van der Waals surface area contributed by atoms with Gasteiger partial charge in [0.1, 0.15) is 11.4 Å². The third-order valence-electron chi connectivity index (χ3n) is 5.53. The molecule has 6 nitrogen and oxygen atoms in total. The monoisotopic (exact) mass is 379 g/mol. The summed E-state index contributed by atoms with van der Waals surface area (Å²) in [5, 5.41) is 2.98. The first-order valence-electron chi connectivity index (χ1n) is 9.88. The third-order valence-corrected chi connectivity index (χ3v) is 5.53. The van der Waals surface area contributed by atoms with Crippen molar-refractivity contribution in [2.24, 2.45) is 0 Å². The number of pyridine rings is 1. The Morgan fingerprint density at radius 2 is 2.04 bits per heavy atom. The Kier molecular flexibility index (Phi) is 5.28. The van der Waals surface area contributed by atoms with Gasteiger partial charge in [0.05, 0.1) is 18.7 Å². The van der Waals surface area contributed by atoms with Crippen LogP contribution in [0.2, 0.25) is 0 Å². The zero-order valence-electron chi connectivity index (χ0n) is 15.9. The minimum absolute atomic E-state index is 0.117. The van der Waals surface area contributed by atoms with Gasteiger partial charge in [-0.25, -0.2) is 0 Å². The van der Waals surface area contributed by atoms with Gasteiger partial charge in [0.25, 0.3) is 5.91 Å². The second-order valence-electron chi connectivity index (χ2n) is 7.59. The summed E-state index contributed by atoms with van der Waals surface area (Å²) >= 11 is 0. The molecule has 1 saturated heterocycles. The molecule has 3 heterocycles. The summed E-state index contributed by atoms with van der Waals surface area (Å²) in [6.45, 7) is 1.67. The molecule has 2 aliphatic rings. The topological polar surface area (TPSA) is 71.5 Å². The Bertz CT molecular complexity index is 855. The van der Waals surface area contributed by atoms with Crippen molar-refractivity contribution in [2.45, 2.75) is 37.7 Å². The molecule has 1 unspecified atom stereocenters. The highest BCUT2D eigenvalue weighted by molar-refractivity contribution is 5.97. The van der Waals surface area contributed by atoms with Gasteiger partial charge in [-0.3, -0.25) is 14.6 Å². The summed E-state index contributed by atoms with van der Waals surface area (Å²) in [5.74, 6) is 0.637. The lowest BCUT2D eigenvalue weighted by molar-refractivity contribution is -0.136. The van der Waals surface area contributed by atoms with Crippen LogP contribution in [0.15, 0.2) is 48.8 Å². The highest BCUT2D eigenvalue weighted by Crippen LogP contribution is 2.32. The van der Waals surface area contributed by atoms with Gasteiger partial charge in [0.2, 0.25) is 5.91 Å². The van der Waals surface area contributed by atoms with Crippen molar-refractivity contribution < 1.29 is 14.3 Å². The lowest BCUT2D eigenvalue weighted by Crippen LogP contribution is -2.57. The maximum absolute atomic E-state index is 12.8. The van der Waals surface area contributed by atoms with Crippen molar-refractivity contribution in [1.29, 1.82) is 0 Å². The van der Waals surface area contributed by atoms with E-state index < -0.39 is 5.60 Å². The number of para-hydroxylation sites is 1. The van der Waals surface area contributed by atoms with Gasteiger partial charge < -0.3 is 15.0 Å². The second-order valence-corrected chi connectivity index (χ2v) is 7.59. The van der Waals surface area contributed by atoms with Crippen LogP contribution >= 0.6 is 0 Å². The molecule has 28 heavy (non-hydrogen) atoms. The number of fused-ring (bicyclic) bond motifs is 1. The van der Waals surface area contributed by atoms with Crippen LogP contribution in [-0.4, -0.2) is 46.9 Å². The Hall–Kier alpha value is -2.89. The number of rotatable bonds is 4. The van der Waals surface area contributed by atoms with Crippen LogP contribution in [0.4, 0.5) is 0 Å². The van der Waals surface area contributed by atoms with Crippen LogP contribution in [0.3, 0.4) is 0 Å². The van der Waals surface area contributed by atoms with Crippen LogP contribution in [-0.2, 0) is 11.2 Å². The summed E-state index contributed by atoms with van der Waals surface area (Å²) < 4.78 is 6.33. The van der Waals surface area contributed by atoms with Gasteiger partial charge in [-0.1, -0.05) is 12.1 Å². The number of likely N-dealkylation sites (tertiary alicyclic amines) is 1. The zero-order valence-corrected chi connectivity index (χ0v) is 15.9. The van der Waals surface area contributed by atoms with Gasteiger partial charge in [0, 0.05) is 25.4 Å². The average Bonchev–Trinajstić information content (AvgIpc) is 2.86. The molecule has 4 rings (SSSR count). The van der Waals surface area contributed by atoms with E-state index in [1.54, 1.807) is 18.5 Å². The van der Waals surface area contributed by atoms with Crippen molar-refractivity contribution in [3.05, 3.63) is 59.9 Å². The predicted molar refractivity (Wildman–Crippen MR) is 105 cm³/mol. The van der Waals surface area contributed by atoms with E-state index in [2.05, 4.69) is 10.3 Å². The molecule has 1 fully saturated rings. The maximum atomic E-state index is 12.8. The number of aromatic nitrogens is 1. The smallest absolute Gasteiger partial charge is 0.255 e. The molecule has 1 atom stereocenters. The molecule has 146 valence electrons. The summed E-state index contributed by atoms with van der Waals surface area (Å²) in [5.41, 5.74) is 1.20. The summed E-state index contributed by atoms with van der Waals surface area (Å²) in [7, 11) is 0. The number of aryl methyl sites for hydroxylation is 1. The Balaban J connectivity index is 1.40. The molecule has 0 saturated carbocycles. The van der Waals surface area contributed by atoms with Crippen molar-refractivity contribution in [3.63, 3.8) is 0 Å². The van der Waals surface area contributed by atoms with E-state index in [-0.39, 0.29) is 11.8 Å². The highest BCUT2D eigenvalue weighted by Gasteiger charge is 2.41. The minimum Gasteiger partial charge on any atom is -0.483 e. The Morgan fingerprint density at radius 3 is 2.89 bits per heavy atom. The molecule has 6 heteroatoms. The molecular weight excluding hydrogens is 354 g/mol. The van der Waals surface area contributed by atoms with E-state index in [4.69, 9.17) is 4.74 Å².